The summed E-state index contributed by atoms with van der Waals surface area (Å²) in [7, 11) is 0. The summed E-state index contributed by atoms with van der Waals surface area (Å²) in [5.74, 6) is 1.65. The van der Waals surface area contributed by atoms with Crippen LogP contribution in [0.2, 0.25) is 0 Å². The number of aromatic amines is 1. The quantitative estimate of drug-likeness (QED) is 0.809. The van der Waals surface area contributed by atoms with Gasteiger partial charge in [0.2, 0.25) is 0 Å². The topological polar surface area (TPSA) is 78.0 Å². The Bertz CT molecular complexity index is 662. The lowest BCUT2D eigenvalue weighted by molar-refractivity contribution is 0.0310. The minimum Gasteiger partial charge on any atom is -0.388 e. The van der Waals surface area contributed by atoms with Crippen LogP contribution in [0.3, 0.4) is 0 Å². The fraction of sp³-hybridized carbons (Fsp3) is 0.467. The van der Waals surface area contributed by atoms with E-state index in [9.17, 15) is 9.90 Å². The van der Waals surface area contributed by atoms with Crippen molar-refractivity contribution in [2.75, 3.05) is 18.1 Å². The molecular formula is C15H19N3O2S. The second kappa shape index (κ2) is 5.69. The molecule has 2 heterocycles. The molecule has 3 rings (SSSR count). The Morgan fingerprint density at radius 2 is 2.24 bits per heavy atom. The smallest absolute Gasteiger partial charge is 0.272 e. The van der Waals surface area contributed by atoms with Crippen molar-refractivity contribution < 1.29 is 9.90 Å². The second-order valence-corrected chi connectivity index (χ2v) is 6.87. The van der Waals surface area contributed by atoms with E-state index in [0.717, 1.165) is 40.8 Å². The number of hydrogen-bond donors (Lipinski definition) is 3. The summed E-state index contributed by atoms with van der Waals surface area (Å²) >= 11 is 1.84. The molecule has 3 N–H and O–H groups in total. The average molecular weight is 305 g/mol. The zero-order valence-electron chi connectivity index (χ0n) is 12.0. The van der Waals surface area contributed by atoms with E-state index >= 15 is 0 Å². The number of aromatic nitrogens is 2. The first-order chi connectivity index (χ1) is 10.1. The Morgan fingerprint density at radius 1 is 1.48 bits per heavy atom. The number of H-pyrrole nitrogens is 1. The Labute approximate surface area is 127 Å². The molecule has 1 aromatic carbocycles. The highest BCUT2D eigenvalue weighted by atomic mass is 32.2. The van der Waals surface area contributed by atoms with Crippen LogP contribution in [0, 0.1) is 6.92 Å². The highest BCUT2D eigenvalue weighted by Gasteiger charge is 2.30. The van der Waals surface area contributed by atoms with Gasteiger partial charge >= 0.3 is 0 Å². The van der Waals surface area contributed by atoms with Crippen molar-refractivity contribution >= 4 is 28.6 Å². The third-order valence-electron chi connectivity index (χ3n) is 3.93. The molecule has 0 bridgehead atoms. The van der Waals surface area contributed by atoms with Crippen molar-refractivity contribution in [3.8, 4) is 0 Å². The maximum Gasteiger partial charge on any atom is 0.272 e. The number of aliphatic hydroxyl groups is 1. The third-order valence-corrected chi connectivity index (χ3v) is 4.92. The second-order valence-electron chi connectivity index (χ2n) is 5.64. The number of carbonyl (C=O) groups excluding carboxylic acids is 1. The molecule has 1 aliphatic rings. The Balaban J connectivity index is 1.73. The van der Waals surface area contributed by atoms with Gasteiger partial charge in [0, 0.05) is 11.9 Å². The van der Waals surface area contributed by atoms with Crippen LogP contribution < -0.4 is 5.32 Å². The first kappa shape index (κ1) is 14.4. The van der Waals surface area contributed by atoms with Crippen LogP contribution in [0.4, 0.5) is 0 Å². The summed E-state index contributed by atoms with van der Waals surface area (Å²) in [5, 5.41) is 21.0. The lowest BCUT2D eigenvalue weighted by Crippen LogP contribution is -2.45. The number of fused-ring (bicyclic) bond motifs is 1. The number of nitrogens with one attached hydrogen (secondary N) is 2. The van der Waals surface area contributed by atoms with Gasteiger partial charge in [-0.1, -0.05) is 11.6 Å². The molecular weight excluding hydrogens is 286 g/mol. The number of amides is 1. The van der Waals surface area contributed by atoms with E-state index < -0.39 is 5.60 Å². The normalized spacial score (nSPS) is 17.8. The number of nitrogens with zero attached hydrogens (tertiary/aromatic N) is 1. The first-order valence-electron chi connectivity index (χ1n) is 7.10. The van der Waals surface area contributed by atoms with Gasteiger partial charge in [0.25, 0.3) is 5.91 Å². The number of benzene rings is 1. The lowest BCUT2D eigenvalue weighted by Gasteiger charge is -2.31. The molecule has 5 nitrogen and oxygen atoms in total. The zero-order valence-corrected chi connectivity index (χ0v) is 12.8. The number of thioether (sulfide) groups is 1. The van der Waals surface area contributed by atoms with Gasteiger partial charge in [-0.25, -0.2) is 0 Å². The van der Waals surface area contributed by atoms with Crippen molar-refractivity contribution in [2.24, 2.45) is 0 Å². The highest BCUT2D eigenvalue weighted by molar-refractivity contribution is 7.99. The Morgan fingerprint density at radius 3 is 3.00 bits per heavy atom. The van der Waals surface area contributed by atoms with Crippen molar-refractivity contribution in [1.29, 1.82) is 0 Å². The molecule has 21 heavy (non-hydrogen) atoms. The molecule has 2 aromatic rings. The average Bonchev–Trinajstić information content (AvgIpc) is 2.89. The van der Waals surface area contributed by atoms with Crippen molar-refractivity contribution in [3.05, 3.63) is 29.5 Å². The molecule has 1 fully saturated rings. The summed E-state index contributed by atoms with van der Waals surface area (Å²) in [6.45, 7) is 2.27. The standard InChI is InChI=1S/C15H19N3O2S/c1-10-2-3-12-11(8-10)13(18-17-12)14(19)16-9-15(20)4-6-21-7-5-15/h2-3,8,20H,4-7,9H2,1H3,(H,16,19)(H,17,18). The van der Waals surface area contributed by atoms with Gasteiger partial charge in [-0.2, -0.15) is 16.9 Å². The molecule has 0 spiro atoms. The maximum absolute atomic E-state index is 12.3. The van der Waals surface area contributed by atoms with Gasteiger partial charge in [0.15, 0.2) is 5.69 Å². The summed E-state index contributed by atoms with van der Waals surface area (Å²) in [6, 6.07) is 5.84. The van der Waals surface area contributed by atoms with E-state index in [1.54, 1.807) is 0 Å². The van der Waals surface area contributed by atoms with Gasteiger partial charge in [-0.05, 0) is 43.4 Å². The van der Waals surface area contributed by atoms with Crippen LogP contribution in [-0.2, 0) is 0 Å². The van der Waals surface area contributed by atoms with E-state index in [1.165, 1.54) is 0 Å². The van der Waals surface area contributed by atoms with Crippen LogP contribution in [-0.4, -0.2) is 44.9 Å². The largest absolute Gasteiger partial charge is 0.388 e. The molecule has 1 aromatic heterocycles. The van der Waals surface area contributed by atoms with E-state index in [0.29, 0.717) is 5.69 Å². The van der Waals surface area contributed by atoms with E-state index in [1.807, 2.05) is 36.9 Å². The molecule has 1 aliphatic heterocycles. The molecule has 0 unspecified atom stereocenters. The summed E-state index contributed by atoms with van der Waals surface area (Å²) in [4.78, 5) is 12.3. The summed E-state index contributed by atoms with van der Waals surface area (Å²) < 4.78 is 0. The monoisotopic (exact) mass is 305 g/mol. The van der Waals surface area contributed by atoms with E-state index in [-0.39, 0.29) is 12.5 Å². The number of hydrogen-bond acceptors (Lipinski definition) is 4. The molecule has 0 radical (unpaired) electrons. The van der Waals surface area contributed by atoms with Gasteiger partial charge in [-0.3, -0.25) is 9.89 Å². The predicted octanol–water partition coefficient (Wildman–Crippen LogP) is 1.86. The minimum atomic E-state index is -0.775. The van der Waals surface area contributed by atoms with Gasteiger partial charge < -0.3 is 10.4 Å². The van der Waals surface area contributed by atoms with Crippen LogP contribution in [0.15, 0.2) is 18.2 Å². The van der Waals surface area contributed by atoms with Crippen LogP contribution in [0.5, 0.6) is 0 Å². The van der Waals surface area contributed by atoms with Gasteiger partial charge in [0.05, 0.1) is 11.1 Å². The van der Waals surface area contributed by atoms with E-state index in [2.05, 4.69) is 15.5 Å². The molecule has 0 saturated carbocycles. The van der Waals surface area contributed by atoms with Crippen molar-refractivity contribution in [1.82, 2.24) is 15.5 Å². The lowest BCUT2D eigenvalue weighted by atomic mass is 9.97. The SMILES string of the molecule is Cc1ccc2[nH]nc(C(=O)NCC3(O)CCSCC3)c2c1. The molecule has 6 heteroatoms. The van der Waals surface area contributed by atoms with Gasteiger partial charge in [0.1, 0.15) is 0 Å². The Hall–Kier alpha value is -1.53. The highest BCUT2D eigenvalue weighted by Crippen LogP contribution is 2.26. The number of rotatable bonds is 3. The molecule has 1 amide bonds. The van der Waals surface area contributed by atoms with Crippen molar-refractivity contribution in [3.63, 3.8) is 0 Å². The number of aryl methyl sites for hydroxylation is 1. The fourth-order valence-corrected chi connectivity index (χ4v) is 3.81. The molecule has 0 atom stereocenters. The summed E-state index contributed by atoms with van der Waals surface area (Å²) in [6.07, 6.45) is 1.44. The predicted molar refractivity (Wildman–Crippen MR) is 84.7 cm³/mol. The number of carbonyl (C=O) groups is 1. The van der Waals surface area contributed by atoms with Crippen LogP contribution in [0.25, 0.3) is 10.9 Å². The summed E-state index contributed by atoms with van der Waals surface area (Å²) in [5.41, 5.74) is 1.55. The van der Waals surface area contributed by atoms with Crippen LogP contribution in [0.1, 0.15) is 28.9 Å². The van der Waals surface area contributed by atoms with E-state index in [4.69, 9.17) is 0 Å². The van der Waals surface area contributed by atoms with Crippen LogP contribution >= 0.6 is 11.8 Å². The fourth-order valence-electron chi connectivity index (χ4n) is 2.56. The third kappa shape index (κ3) is 3.06. The minimum absolute atomic E-state index is 0.237. The van der Waals surface area contributed by atoms with Gasteiger partial charge in [-0.15, -0.1) is 0 Å². The Kier molecular flexibility index (Phi) is 3.91. The molecule has 112 valence electrons. The van der Waals surface area contributed by atoms with Crippen molar-refractivity contribution in [2.45, 2.75) is 25.4 Å². The zero-order chi connectivity index (χ0) is 14.9. The molecule has 1 saturated heterocycles. The maximum atomic E-state index is 12.3. The first-order valence-corrected chi connectivity index (χ1v) is 8.26. The molecule has 0 aliphatic carbocycles.